The number of thiol groups is 1. The number of rotatable bonds is 4. The van der Waals surface area contributed by atoms with Crippen molar-refractivity contribution in [3.63, 3.8) is 0 Å². The van der Waals surface area contributed by atoms with Crippen molar-refractivity contribution in [1.29, 1.82) is 0 Å². The number of methoxy groups -OCH3 is 1. The molecule has 1 aromatic carbocycles. The van der Waals surface area contributed by atoms with Crippen molar-refractivity contribution >= 4 is 24.2 Å². The predicted octanol–water partition coefficient (Wildman–Crippen LogP) is 2.12. The van der Waals surface area contributed by atoms with Gasteiger partial charge in [-0.05, 0) is 17.9 Å². The zero-order chi connectivity index (χ0) is 12.1. The van der Waals surface area contributed by atoms with Crippen LogP contribution in [0.4, 0.5) is 10.1 Å². The molecule has 5 heteroatoms. The zero-order valence-corrected chi connectivity index (χ0v) is 10.1. The fourth-order valence-corrected chi connectivity index (χ4v) is 1.51. The zero-order valence-electron chi connectivity index (χ0n) is 9.24. The molecule has 0 N–H and O–H groups in total. The molecule has 0 unspecified atom stereocenters. The maximum absolute atomic E-state index is 13.1. The number of benzene rings is 1. The van der Waals surface area contributed by atoms with Gasteiger partial charge in [-0.2, -0.15) is 12.6 Å². The van der Waals surface area contributed by atoms with Crippen molar-refractivity contribution in [1.82, 2.24) is 0 Å². The minimum absolute atomic E-state index is 0.126. The Morgan fingerprint density at radius 1 is 1.56 bits per heavy atom. The highest BCUT2D eigenvalue weighted by atomic mass is 32.1. The van der Waals surface area contributed by atoms with Gasteiger partial charge < -0.3 is 9.64 Å². The number of halogens is 1. The molecule has 1 rings (SSSR count). The van der Waals surface area contributed by atoms with Crippen molar-refractivity contribution in [3.05, 3.63) is 24.0 Å². The Morgan fingerprint density at radius 2 is 2.25 bits per heavy atom. The van der Waals surface area contributed by atoms with E-state index >= 15 is 0 Å². The lowest BCUT2D eigenvalue weighted by molar-refractivity contribution is -0.117. The van der Waals surface area contributed by atoms with Crippen LogP contribution in [0.1, 0.15) is 6.42 Å². The first-order chi connectivity index (χ1) is 7.60. The molecular formula is C11H14FNO2S. The maximum Gasteiger partial charge on any atom is 0.227 e. The van der Waals surface area contributed by atoms with Crippen LogP contribution in [0.2, 0.25) is 0 Å². The number of anilines is 1. The molecule has 0 aliphatic carbocycles. The van der Waals surface area contributed by atoms with E-state index in [1.807, 2.05) is 0 Å². The first-order valence-electron chi connectivity index (χ1n) is 4.81. The number of amides is 1. The summed E-state index contributed by atoms with van der Waals surface area (Å²) in [5.74, 6) is 0.400. The van der Waals surface area contributed by atoms with Crippen LogP contribution in [0.15, 0.2) is 18.2 Å². The summed E-state index contributed by atoms with van der Waals surface area (Å²) in [5, 5.41) is 0. The van der Waals surface area contributed by atoms with E-state index in [2.05, 4.69) is 12.6 Å². The second-order valence-electron chi connectivity index (χ2n) is 3.24. The smallest absolute Gasteiger partial charge is 0.227 e. The summed E-state index contributed by atoms with van der Waals surface area (Å²) in [5.41, 5.74) is 0.425. The van der Waals surface area contributed by atoms with Gasteiger partial charge in [0.1, 0.15) is 11.6 Å². The summed E-state index contributed by atoms with van der Waals surface area (Å²) in [7, 11) is 3.07. The molecule has 88 valence electrons. The molecule has 1 amide bonds. The van der Waals surface area contributed by atoms with Gasteiger partial charge in [-0.25, -0.2) is 4.39 Å². The minimum Gasteiger partial charge on any atom is -0.495 e. The molecule has 0 bridgehead atoms. The fraction of sp³-hybridized carbons (Fsp3) is 0.364. The Labute approximate surface area is 99.6 Å². The molecular weight excluding hydrogens is 229 g/mol. The second-order valence-corrected chi connectivity index (χ2v) is 3.69. The number of hydrogen-bond acceptors (Lipinski definition) is 3. The van der Waals surface area contributed by atoms with Crippen LogP contribution in [-0.4, -0.2) is 25.8 Å². The van der Waals surface area contributed by atoms with Crippen LogP contribution < -0.4 is 9.64 Å². The van der Waals surface area contributed by atoms with Gasteiger partial charge >= 0.3 is 0 Å². The molecule has 0 radical (unpaired) electrons. The van der Waals surface area contributed by atoms with Crippen LogP contribution in [0.3, 0.4) is 0 Å². The summed E-state index contributed by atoms with van der Waals surface area (Å²) in [4.78, 5) is 13.0. The van der Waals surface area contributed by atoms with Gasteiger partial charge in [-0.15, -0.1) is 0 Å². The lowest BCUT2D eigenvalue weighted by Gasteiger charge is -2.19. The van der Waals surface area contributed by atoms with E-state index in [0.29, 0.717) is 23.6 Å². The summed E-state index contributed by atoms with van der Waals surface area (Å²) < 4.78 is 18.2. The lowest BCUT2D eigenvalue weighted by Crippen LogP contribution is -2.26. The van der Waals surface area contributed by atoms with E-state index in [9.17, 15) is 9.18 Å². The van der Waals surface area contributed by atoms with Gasteiger partial charge in [0, 0.05) is 19.5 Å². The van der Waals surface area contributed by atoms with Crippen LogP contribution in [0.25, 0.3) is 0 Å². The molecule has 0 saturated heterocycles. The molecule has 0 saturated carbocycles. The standard InChI is InChI=1S/C11H14FNO2S/c1-13(11(14)5-6-16)9-7-8(12)3-4-10(9)15-2/h3-4,7,16H,5-6H2,1-2H3. The second kappa shape index (κ2) is 5.75. The molecule has 0 atom stereocenters. The van der Waals surface area contributed by atoms with Gasteiger partial charge in [0.15, 0.2) is 0 Å². The number of carbonyl (C=O) groups excluding carboxylic acids is 1. The largest absolute Gasteiger partial charge is 0.495 e. The average Bonchev–Trinajstić information content (AvgIpc) is 2.28. The quantitative estimate of drug-likeness (QED) is 0.821. The molecule has 16 heavy (non-hydrogen) atoms. The topological polar surface area (TPSA) is 29.5 Å². The SMILES string of the molecule is COc1ccc(F)cc1N(C)C(=O)CCS. The number of nitrogens with zero attached hydrogens (tertiary/aromatic N) is 1. The van der Waals surface area contributed by atoms with Gasteiger partial charge in [0.25, 0.3) is 0 Å². The fourth-order valence-electron chi connectivity index (χ4n) is 1.32. The van der Waals surface area contributed by atoms with Gasteiger partial charge in [0.05, 0.1) is 12.8 Å². The van der Waals surface area contributed by atoms with E-state index in [1.165, 1.54) is 30.2 Å². The van der Waals surface area contributed by atoms with Crippen LogP contribution in [-0.2, 0) is 4.79 Å². The average molecular weight is 243 g/mol. The Kier molecular flexibility index (Phi) is 4.61. The van der Waals surface area contributed by atoms with Gasteiger partial charge in [-0.3, -0.25) is 4.79 Å². The van der Waals surface area contributed by atoms with Crippen molar-refractivity contribution in [2.45, 2.75) is 6.42 Å². The highest BCUT2D eigenvalue weighted by molar-refractivity contribution is 7.80. The highest BCUT2D eigenvalue weighted by Gasteiger charge is 2.15. The summed E-state index contributed by atoms with van der Waals surface area (Å²) in [6.07, 6.45) is 0.305. The molecule has 1 aromatic rings. The van der Waals surface area contributed by atoms with E-state index in [4.69, 9.17) is 4.74 Å². The first-order valence-corrected chi connectivity index (χ1v) is 5.44. The van der Waals surface area contributed by atoms with Gasteiger partial charge in [0.2, 0.25) is 5.91 Å². The summed E-state index contributed by atoms with van der Waals surface area (Å²) in [6, 6.07) is 4.06. The Bertz CT molecular complexity index is 384. The third kappa shape index (κ3) is 2.88. The van der Waals surface area contributed by atoms with Crippen molar-refractivity contribution < 1.29 is 13.9 Å². The molecule has 0 aliphatic heterocycles. The maximum atomic E-state index is 13.1. The Morgan fingerprint density at radius 3 is 2.81 bits per heavy atom. The summed E-state index contributed by atoms with van der Waals surface area (Å²) in [6.45, 7) is 0. The number of ether oxygens (including phenoxy) is 1. The van der Waals surface area contributed by atoms with E-state index in [1.54, 1.807) is 7.05 Å². The third-order valence-electron chi connectivity index (χ3n) is 2.20. The number of hydrogen-bond donors (Lipinski definition) is 1. The van der Waals surface area contributed by atoms with Crippen LogP contribution in [0, 0.1) is 5.82 Å². The first kappa shape index (κ1) is 12.8. The lowest BCUT2D eigenvalue weighted by atomic mass is 10.2. The minimum atomic E-state index is -0.402. The Hall–Kier alpha value is -1.23. The normalized spacial score (nSPS) is 10.0. The Balaban J connectivity index is 3.01. The molecule has 0 fully saturated rings. The van der Waals surface area contributed by atoms with E-state index < -0.39 is 5.82 Å². The highest BCUT2D eigenvalue weighted by Crippen LogP contribution is 2.28. The molecule has 3 nitrogen and oxygen atoms in total. The van der Waals surface area contributed by atoms with E-state index in [0.717, 1.165) is 0 Å². The van der Waals surface area contributed by atoms with Crippen molar-refractivity contribution in [2.75, 3.05) is 24.8 Å². The monoisotopic (exact) mass is 243 g/mol. The predicted molar refractivity (Wildman–Crippen MR) is 64.8 cm³/mol. The summed E-state index contributed by atoms with van der Waals surface area (Å²) >= 11 is 3.98. The van der Waals surface area contributed by atoms with Crippen LogP contribution >= 0.6 is 12.6 Å². The molecule has 0 aliphatic rings. The van der Waals surface area contributed by atoms with E-state index in [-0.39, 0.29) is 5.91 Å². The van der Waals surface area contributed by atoms with Crippen molar-refractivity contribution in [3.8, 4) is 5.75 Å². The van der Waals surface area contributed by atoms with Crippen molar-refractivity contribution in [2.24, 2.45) is 0 Å². The molecule has 0 heterocycles. The molecule has 0 aromatic heterocycles. The van der Waals surface area contributed by atoms with Gasteiger partial charge in [-0.1, -0.05) is 0 Å². The number of carbonyl (C=O) groups is 1. The molecule has 0 spiro atoms. The third-order valence-corrected chi connectivity index (χ3v) is 2.43. The van der Waals surface area contributed by atoms with Crippen LogP contribution in [0.5, 0.6) is 5.75 Å².